The van der Waals surface area contributed by atoms with Crippen LogP contribution in [0.4, 0.5) is 4.79 Å². The molecule has 0 unspecified atom stereocenters. The zero-order chi connectivity index (χ0) is 17.1. The normalized spacial score (nSPS) is 28.6. The van der Waals surface area contributed by atoms with Gasteiger partial charge in [-0.15, -0.1) is 0 Å². The highest BCUT2D eigenvalue weighted by atomic mass is 16.5. The summed E-state index contributed by atoms with van der Waals surface area (Å²) < 4.78 is 6.12. The van der Waals surface area contributed by atoms with E-state index in [4.69, 9.17) is 10.5 Å². The summed E-state index contributed by atoms with van der Waals surface area (Å²) in [5, 5.41) is 10.8. The van der Waals surface area contributed by atoms with Gasteiger partial charge in [-0.05, 0) is 37.8 Å². The molecule has 1 aliphatic carbocycles. The van der Waals surface area contributed by atoms with Crippen LogP contribution >= 0.6 is 0 Å². The van der Waals surface area contributed by atoms with E-state index in [0.717, 1.165) is 43.7 Å². The first-order valence-corrected chi connectivity index (χ1v) is 8.75. The number of urea groups is 1. The number of piperazine rings is 1. The second kappa shape index (κ2) is 7.40. The molecule has 2 amide bonds. The molecule has 2 fully saturated rings. The van der Waals surface area contributed by atoms with E-state index < -0.39 is 6.10 Å². The molecule has 24 heavy (non-hydrogen) atoms. The van der Waals surface area contributed by atoms with Gasteiger partial charge in [0.15, 0.2) is 0 Å². The summed E-state index contributed by atoms with van der Waals surface area (Å²) in [5.74, 6) is 0.848. The van der Waals surface area contributed by atoms with Gasteiger partial charge in [0.1, 0.15) is 18.0 Å². The van der Waals surface area contributed by atoms with Crippen LogP contribution < -0.4 is 10.5 Å². The third kappa shape index (κ3) is 3.65. The van der Waals surface area contributed by atoms with Gasteiger partial charge >= 0.3 is 6.03 Å². The number of hydrogen-bond acceptors (Lipinski definition) is 4. The fourth-order valence-corrected chi connectivity index (χ4v) is 3.77. The van der Waals surface area contributed by atoms with Gasteiger partial charge in [0.05, 0.1) is 0 Å². The largest absolute Gasteiger partial charge is 0.487 e. The highest BCUT2D eigenvalue weighted by Crippen LogP contribution is 2.29. The molecule has 1 aromatic carbocycles. The van der Waals surface area contributed by atoms with Crippen LogP contribution in [0, 0.1) is 6.92 Å². The fraction of sp³-hybridized carbons (Fsp3) is 0.611. The Kier molecular flexibility index (Phi) is 5.26. The van der Waals surface area contributed by atoms with Crippen LogP contribution in [0.5, 0.6) is 5.75 Å². The van der Waals surface area contributed by atoms with E-state index >= 15 is 0 Å². The lowest BCUT2D eigenvalue weighted by molar-refractivity contribution is -0.0608. The summed E-state index contributed by atoms with van der Waals surface area (Å²) in [6.07, 6.45) is 2.17. The van der Waals surface area contributed by atoms with Gasteiger partial charge < -0.3 is 20.5 Å². The molecular weight excluding hydrogens is 306 g/mol. The highest BCUT2D eigenvalue weighted by Gasteiger charge is 2.38. The van der Waals surface area contributed by atoms with Crippen molar-refractivity contribution in [1.29, 1.82) is 0 Å². The van der Waals surface area contributed by atoms with Gasteiger partial charge in [-0.2, -0.15) is 0 Å². The van der Waals surface area contributed by atoms with Crippen molar-refractivity contribution in [3.05, 3.63) is 29.8 Å². The number of aliphatic hydroxyl groups is 1. The van der Waals surface area contributed by atoms with E-state index in [2.05, 4.69) is 4.90 Å². The second-order valence-electron chi connectivity index (χ2n) is 6.77. The van der Waals surface area contributed by atoms with Crippen molar-refractivity contribution in [2.24, 2.45) is 5.73 Å². The van der Waals surface area contributed by atoms with Crippen molar-refractivity contribution in [3.8, 4) is 5.75 Å². The van der Waals surface area contributed by atoms with Crippen LogP contribution in [-0.4, -0.2) is 65.4 Å². The Morgan fingerprint density at radius 3 is 2.58 bits per heavy atom. The number of carbonyl (C=O) groups is 1. The van der Waals surface area contributed by atoms with E-state index in [1.165, 1.54) is 0 Å². The average molecular weight is 333 g/mol. The number of carbonyl (C=O) groups excluding carboxylic acids is 1. The van der Waals surface area contributed by atoms with Gasteiger partial charge in [-0.25, -0.2) is 4.79 Å². The Hall–Kier alpha value is -1.79. The van der Waals surface area contributed by atoms with Crippen LogP contribution in [0.15, 0.2) is 24.3 Å². The Labute approximate surface area is 143 Å². The first-order chi connectivity index (χ1) is 11.6. The van der Waals surface area contributed by atoms with E-state index in [9.17, 15) is 9.90 Å². The topological polar surface area (TPSA) is 79.0 Å². The number of benzene rings is 1. The number of primary amides is 1. The molecule has 1 saturated carbocycles. The number of para-hydroxylation sites is 1. The number of aryl methyl sites for hydroxylation is 1. The molecule has 0 radical (unpaired) electrons. The smallest absolute Gasteiger partial charge is 0.314 e. The number of amides is 2. The average Bonchev–Trinajstić information content (AvgIpc) is 2.59. The second-order valence-corrected chi connectivity index (χ2v) is 6.77. The summed E-state index contributed by atoms with van der Waals surface area (Å²) in [7, 11) is 0. The number of hydrogen-bond donors (Lipinski definition) is 2. The molecule has 1 saturated heterocycles. The predicted octanol–water partition coefficient (Wildman–Crippen LogP) is 1.35. The van der Waals surface area contributed by atoms with Crippen molar-refractivity contribution in [3.63, 3.8) is 0 Å². The molecule has 0 spiro atoms. The first kappa shape index (κ1) is 17.0. The summed E-state index contributed by atoms with van der Waals surface area (Å²) in [6, 6.07) is 7.64. The zero-order valence-electron chi connectivity index (χ0n) is 14.2. The van der Waals surface area contributed by atoms with E-state index in [-0.39, 0.29) is 18.2 Å². The third-order valence-electron chi connectivity index (χ3n) is 5.23. The van der Waals surface area contributed by atoms with Gasteiger partial charge in [0.25, 0.3) is 0 Å². The van der Waals surface area contributed by atoms with E-state index in [1.54, 1.807) is 4.90 Å². The molecular formula is C18H27N3O3. The van der Waals surface area contributed by atoms with Crippen LogP contribution in [0.2, 0.25) is 0 Å². The maximum Gasteiger partial charge on any atom is 0.314 e. The molecule has 3 N–H and O–H groups in total. The predicted molar refractivity (Wildman–Crippen MR) is 92.0 cm³/mol. The Morgan fingerprint density at radius 2 is 1.92 bits per heavy atom. The summed E-state index contributed by atoms with van der Waals surface area (Å²) in [5.41, 5.74) is 6.42. The van der Waals surface area contributed by atoms with Crippen LogP contribution in [0.1, 0.15) is 24.8 Å². The zero-order valence-corrected chi connectivity index (χ0v) is 14.2. The minimum atomic E-state index is -0.515. The third-order valence-corrected chi connectivity index (χ3v) is 5.23. The van der Waals surface area contributed by atoms with Crippen LogP contribution in [0.3, 0.4) is 0 Å². The molecule has 6 nitrogen and oxygen atoms in total. The first-order valence-electron chi connectivity index (χ1n) is 8.75. The minimum absolute atomic E-state index is 0.0859. The van der Waals surface area contributed by atoms with Gasteiger partial charge in [0.2, 0.25) is 0 Å². The number of ether oxygens (including phenoxy) is 1. The lowest BCUT2D eigenvalue weighted by Gasteiger charge is -2.44. The Bertz CT molecular complexity index is 572. The molecule has 3 rings (SSSR count). The fourth-order valence-electron chi connectivity index (χ4n) is 3.77. The standard InChI is InChI=1S/C18H27N3O3/c1-13-5-2-3-7-15(13)24-16-8-4-6-14(17(16)22)20-9-11-21(12-10-20)18(19)23/h2-3,5,7,14,16-17,22H,4,6,8-12H2,1H3,(H2,19,23)/t14-,16+,17+/m0/s1. The quantitative estimate of drug-likeness (QED) is 0.875. The molecule has 0 bridgehead atoms. The highest BCUT2D eigenvalue weighted by molar-refractivity contribution is 5.72. The van der Waals surface area contributed by atoms with Crippen molar-refractivity contribution in [2.45, 2.75) is 44.4 Å². The number of nitrogens with zero attached hydrogens (tertiary/aromatic N) is 2. The van der Waals surface area contributed by atoms with E-state index in [1.807, 2.05) is 31.2 Å². The van der Waals surface area contributed by atoms with Crippen LogP contribution in [-0.2, 0) is 0 Å². The van der Waals surface area contributed by atoms with E-state index in [0.29, 0.717) is 13.1 Å². The molecule has 1 aliphatic heterocycles. The molecule has 6 heteroatoms. The maximum absolute atomic E-state index is 11.2. The van der Waals surface area contributed by atoms with Crippen molar-refractivity contribution < 1.29 is 14.6 Å². The number of rotatable bonds is 3. The van der Waals surface area contributed by atoms with Gasteiger partial charge in [-0.1, -0.05) is 18.2 Å². The summed E-state index contributed by atoms with van der Waals surface area (Å²) >= 11 is 0. The molecule has 3 atom stereocenters. The molecule has 1 aromatic rings. The summed E-state index contributed by atoms with van der Waals surface area (Å²) in [6.45, 7) is 4.78. The molecule has 2 aliphatic rings. The van der Waals surface area contributed by atoms with Crippen molar-refractivity contribution >= 4 is 6.03 Å². The SMILES string of the molecule is Cc1ccccc1O[C@@H]1CCC[C@H](N2CCN(C(N)=O)CC2)[C@H]1O. The van der Waals surface area contributed by atoms with Crippen molar-refractivity contribution in [1.82, 2.24) is 9.80 Å². The van der Waals surface area contributed by atoms with Crippen LogP contribution in [0.25, 0.3) is 0 Å². The lowest BCUT2D eigenvalue weighted by Crippen LogP contribution is -2.59. The molecule has 0 aromatic heterocycles. The lowest BCUT2D eigenvalue weighted by atomic mass is 9.88. The molecule has 1 heterocycles. The Balaban J connectivity index is 1.62. The monoisotopic (exact) mass is 333 g/mol. The number of nitrogens with two attached hydrogens (primary N) is 1. The summed E-state index contributed by atoms with van der Waals surface area (Å²) in [4.78, 5) is 15.2. The maximum atomic E-state index is 11.2. The Morgan fingerprint density at radius 1 is 1.21 bits per heavy atom. The van der Waals surface area contributed by atoms with Gasteiger partial charge in [0, 0.05) is 32.2 Å². The van der Waals surface area contributed by atoms with Gasteiger partial charge in [-0.3, -0.25) is 4.90 Å². The van der Waals surface area contributed by atoms with Crippen molar-refractivity contribution in [2.75, 3.05) is 26.2 Å². The molecule has 132 valence electrons. The number of aliphatic hydroxyl groups excluding tert-OH is 1. The minimum Gasteiger partial charge on any atom is -0.487 e.